The number of hydrogen-bond acceptors (Lipinski definition) is 4. The van der Waals surface area contributed by atoms with Crippen LogP contribution in [0, 0.1) is 11.8 Å². The normalized spacial score (nSPS) is 13.3. The van der Waals surface area contributed by atoms with Gasteiger partial charge in [-0.15, -0.1) is 0 Å². The molecule has 0 aromatic heterocycles. The summed E-state index contributed by atoms with van der Waals surface area (Å²) in [7, 11) is 3.33. The van der Waals surface area contributed by atoms with Gasteiger partial charge >= 0.3 is 0 Å². The Morgan fingerprint density at radius 3 is 2.50 bits per heavy atom. The third kappa shape index (κ3) is 5.50. The summed E-state index contributed by atoms with van der Waals surface area (Å²) in [4.78, 5) is 0. The van der Waals surface area contributed by atoms with Crippen LogP contribution in [0.5, 0.6) is 11.5 Å². The van der Waals surface area contributed by atoms with E-state index in [4.69, 9.17) is 20.2 Å². The van der Waals surface area contributed by atoms with Crippen molar-refractivity contribution in [2.24, 2.45) is 11.8 Å². The van der Waals surface area contributed by atoms with Crippen molar-refractivity contribution in [3.8, 4) is 11.5 Å². The van der Waals surface area contributed by atoms with Crippen molar-refractivity contribution in [3.63, 3.8) is 0 Å². The second-order valence-corrected chi connectivity index (χ2v) is 8.47. The van der Waals surface area contributed by atoms with Gasteiger partial charge in [0.1, 0.15) is 0 Å². The highest BCUT2D eigenvalue weighted by molar-refractivity contribution is 9.10. The zero-order valence-corrected chi connectivity index (χ0v) is 14.8. The van der Waals surface area contributed by atoms with Gasteiger partial charge in [0.15, 0.2) is 11.5 Å². The highest BCUT2D eigenvalue weighted by Gasteiger charge is 2.22. The van der Waals surface area contributed by atoms with Crippen LogP contribution in [0.25, 0.3) is 0 Å². The van der Waals surface area contributed by atoms with Crippen LogP contribution >= 0.6 is 26.6 Å². The van der Waals surface area contributed by atoms with Gasteiger partial charge in [-0.25, -0.2) is 8.42 Å². The van der Waals surface area contributed by atoms with Gasteiger partial charge in [-0.2, -0.15) is 0 Å². The molecule has 0 fully saturated rings. The SMILES string of the molecule is COc1cccc(Br)c1OCC(CS(=O)(=O)Cl)C(C)C. The summed E-state index contributed by atoms with van der Waals surface area (Å²) in [6.07, 6.45) is 0. The molecule has 0 heterocycles. The molecule has 7 heteroatoms. The van der Waals surface area contributed by atoms with Crippen molar-refractivity contribution in [2.45, 2.75) is 13.8 Å². The first-order chi connectivity index (χ1) is 9.24. The quantitative estimate of drug-likeness (QED) is 0.672. The molecule has 20 heavy (non-hydrogen) atoms. The summed E-state index contributed by atoms with van der Waals surface area (Å²) in [6, 6.07) is 5.45. The molecular weight excluding hydrogens is 368 g/mol. The van der Waals surface area contributed by atoms with Crippen LogP contribution in [0.15, 0.2) is 22.7 Å². The third-order valence-electron chi connectivity index (χ3n) is 2.95. The lowest BCUT2D eigenvalue weighted by Crippen LogP contribution is -2.24. The monoisotopic (exact) mass is 384 g/mol. The zero-order valence-electron chi connectivity index (χ0n) is 11.6. The fourth-order valence-electron chi connectivity index (χ4n) is 1.67. The maximum absolute atomic E-state index is 11.2. The molecule has 1 aromatic carbocycles. The molecule has 0 N–H and O–H groups in total. The smallest absolute Gasteiger partial charge is 0.233 e. The van der Waals surface area contributed by atoms with Gasteiger partial charge in [0.2, 0.25) is 9.05 Å². The Bertz CT molecular complexity index is 545. The number of benzene rings is 1. The van der Waals surface area contributed by atoms with Crippen molar-refractivity contribution < 1.29 is 17.9 Å². The molecular formula is C13H18BrClO4S. The van der Waals surface area contributed by atoms with Crippen LogP contribution in [0.2, 0.25) is 0 Å². The predicted octanol–water partition coefficient (Wildman–Crippen LogP) is 3.68. The summed E-state index contributed by atoms with van der Waals surface area (Å²) in [5, 5.41) is 0. The van der Waals surface area contributed by atoms with Crippen molar-refractivity contribution in [1.82, 2.24) is 0 Å². The van der Waals surface area contributed by atoms with Crippen molar-refractivity contribution in [3.05, 3.63) is 22.7 Å². The molecule has 0 saturated heterocycles. The van der Waals surface area contributed by atoms with Crippen LogP contribution in [-0.2, 0) is 9.05 Å². The van der Waals surface area contributed by atoms with Crippen LogP contribution in [-0.4, -0.2) is 27.9 Å². The first-order valence-electron chi connectivity index (χ1n) is 6.12. The van der Waals surface area contributed by atoms with E-state index in [-0.39, 0.29) is 24.2 Å². The summed E-state index contributed by atoms with van der Waals surface area (Å²) in [6.45, 7) is 4.13. The molecule has 0 bridgehead atoms. The number of rotatable bonds is 7. The van der Waals surface area contributed by atoms with E-state index in [1.165, 1.54) is 0 Å². The molecule has 0 amide bonds. The van der Waals surface area contributed by atoms with Crippen LogP contribution < -0.4 is 9.47 Å². The largest absolute Gasteiger partial charge is 0.493 e. The maximum Gasteiger partial charge on any atom is 0.233 e. The third-order valence-corrected chi connectivity index (χ3v) is 4.78. The summed E-state index contributed by atoms with van der Waals surface area (Å²) in [5.41, 5.74) is 0. The van der Waals surface area contributed by atoms with Gasteiger partial charge in [-0.1, -0.05) is 19.9 Å². The molecule has 1 aromatic rings. The fourth-order valence-corrected chi connectivity index (χ4v) is 3.61. The van der Waals surface area contributed by atoms with Crippen LogP contribution in [0.4, 0.5) is 0 Å². The van der Waals surface area contributed by atoms with Gasteiger partial charge in [0, 0.05) is 16.6 Å². The molecule has 0 aliphatic rings. The Morgan fingerprint density at radius 2 is 2.00 bits per heavy atom. The predicted molar refractivity (Wildman–Crippen MR) is 84.2 cm³/mol. The molecule has 0 aliphatic carbocycles. The molecule has 0 saturated carbocycles. The number of halogens is 2. The molecule has 0 spiro atoms. The lowest BCUT2D eigenvalue weighted by atomic mass is 9.99. The van der Waals surface area contributed by atoms with E-state index >= 15 is 0 Å². The molecule has 1 unspecified atom stereocenters. The Hall–Kier alpha value is -0.460. The van der Waals surface area contributed by atoms with Gasteiger partial charge in [-0.05, 0) is 34.0 Å². The summed E-state index contributed by atoms with van der Waals surface area (Å²) < 4.78 is 34.2. The second kappa shape index (κ2) is 7.52. The number of para-hydroxylation sites is 1. The molecule has 0 aliphatic heterocycles. The van der Waals surface area contributed by atoms with E-state index in [1.807, 2.05) is 26.0 Å². The van der Waals surface area contributed by atoms with Gasteiger partial charge in [-0.3, -0.25) is 0 Å². The van der Waals surface area contributed by atoms with Crippen molar-refractivity contribution in [2.75, 3.05) is 19.5 Å². The average Bonchev–Trinajstić information content (AvgIpc) is 2.33. The van der Waals surface area contributed by atoms with Gasteiger partial charge in [0.25, 0.3) is 0 Å². The Balaban J connectivity index is 2.83. The van der Waals surface area contributed by atoms with Crippen molar-refractivity contribution in [1.29, 1.82) is 0 Å². The minimum absolute atomic E-state index is 0.112. The van der Waals surface area contributed by atoms with E-state index in [1.54, 1.807) is 13.2 Å². The summed E-state index contributed by atoms with van der Waals surface area (Å²) in [5.74, 6) is 0.994. The number of ether oxygens (including phenoxy) is 2. The van der Waals surface area contributed by atoms with E-state index < -0.39 is 9.05 Å². The molecule has 1 atom stereocenters. The minimum Gasteiger partial charge on any atom is -0.493 e. The lowest BCUT2D eigenvalue weighted by Gasteiger charge is -2.21. The van der Waals surface area contributed by atoms with E-state index in [0.717, 1.165) is 4.47 Å². The maximum atomic E-state index is 11.2. The zero-order chi connectivity index (χ0) is 15.3. The number of hydrogen-bond donors (Lipinski definition) is 0. The second-order valence-electron chi connectivity index (χ2n) is 4.79. The topological polar surface area (TPSA) is 52.6 Å². The van der Waals surface area contributed by atoms with Gasteiger partial charge in [0.05, 0.1) is 23.9 Å². The fraction of sp³-hybridized carbons (Fsp3) is 0.538. The first kappa shape index (κ1) is 17.6. The summed E-state index contributed by atoms with van der Waals surface area (Å²) >= 11 is 3.39. The van der Waals surface area contributed by atoms with E-state index in [2.05, 4.69) is 15.9 Å². The van der Waals surface area contributed by atoms with Crippen LogP contribution in [0.3, 0.4) is 0 Å². The minimum atomic E-state index is -3.55. The molecule has 0 radical (unpaired) electrons. The molecule has 114 valence electrons. The molecule has 1 rings (SSSR count). The highest BCUT2D eigenvalue weighted by atomic mass is 79.9. The van der Waals surface area contributed by atoms with Crippen LogP contribution in [0.1, 0.15) is 13.8 Å². The van der Waals surface area contributed by atoms with E-state index in [0.29, 0.717) is 11.5 Å². The number of methoxy groups -OCH3 is 1. The standard InChI is InChI=1S/C13H18BrClO4S/c1-9(2)10(8-20(15,16)17)7-19-13-11(14)5-4-6-12(13)18-3/h4-6,9-10H,7-8H2,1-3H3. The van der Waals surface area contributed by atoms with E-state index in [9.17, 15) is 8.42 Å². The lowest BCUT2D eigenvalue weighted by molar-refractivity contribution is 0.216. The first-order valence-corrected chi connectivity index (χ1v) is 9.39. The average molecular weight is 386 g/mol. The Labute approximate surface area is 133 Å². The Kier molecular flexibility index (Phi) is 6.61. The Morgan fingerprint density at radius 1 is 1.35 bits per heavy atom. The van der Waals surface area contributed by atoms with Gasteiger partial charge < -0.3 is 9.47 Å². The highest BCUT2D eigenvalue weighted by Crippen LogP contribution is 2.35. The van der Waals surface area contributed by atoms with Crippen molar-refractivity contribution >= 4 is 35.7 Å². The molecule has 4 nitrogen and oxygen atoms in total.